The second-order valence-corrected chi connectivity index (χ2v) is 5.66. The summed E-state index contributed by atoms with van der Waals surface area (Å²) in [6.07, 6.45) is -0.183. The predicted molar refractivity (Wildman–Crippen MR) is 79.2 cm³/mol. The number of carbonyl (C=O) groups excluding carboxylic acids is 2. The maximum Gasteiger partial charge on any atom is 0.348 e. The number of benzene rings is 1. The Hall–Kier alpha value is -2.14. The van der Waals surface area contributed by atoms with Gasteiger partial charge in [-0.05, 0) is 38.1 Å². The van der Waals surface area contributed by atoms with E-state index in [1.165, 1.54) is 0 Å². The van der Waals surface area contributed by atoms with E-state index in [0.717, 1.165) is 11.3 Å². The summed E-state index contributed by atoms with van der Waals surface area (Å²) in [6, 6.07) is 10.0. The quantitative estimate of drug-likeness (QED) is 0.533. The first-order valence-corrected chi connectivity index (χ1v) is 7.00. The molecular formula is C15H15NO3S. The van der Waals surface area contributed by atoms with Crippen LogP contribution in [0.5, 0.6) is 0 Å². The number of thiophene rings is 1. The lowest BCUT2D eigenvalue weighted by Crippen LogP contribution is -2.10. The van der Waals surface area contributed by atoms with Crippen LogP contribution in [0.2, 0.25) is 0 Å². The zero-order chi connectivity index (χ0) is 14.7. The highest BCUT2D eigenvalue weighted by molar-refractivity contribution is 7.16. The maximum absolute atomic E-state index is 12.3. The Balaban J connectivity index is 2.20. The van der Waals surface area contributed by atoms with E-state index in [0.29, 0.717) is 21.0 Å². The number of nitrogens with two attached hydrogens (primary N) is 1. The third-order valence-electron chi connectivity index (χ3n) is 2.52. The van der Waals surface area contributed by atoms with Crippen molar-refractivity contribution in [2.45, 2.75) is 20.0 Å². The molecule has 104 valence electrons. The largest absolute Gasteiger partial charge is 0.459 e. The summed E-state index contributed by atoms with van der Waals surface area (Å²) in [5, 5.41) is 0. The SMILES string of the molecule is CC(C)OC(=O)c1ccc(C(=O)c2cccc(N)c2)s1. The summed E-state index contributed by atoms with van der Waals surface area (Å²) >= 11 is 1.13. The highest BCUT2D eigenvalue weighted by Crippen LogP contribution is 2.22. The van der Waals surface area contributed by atoms with Crippen molar-refractivity contribution in [1.82, 2.24) is 0 Å². The van der Waals surface area contributed by atoms with Gasteiger partial charge in [0.05, 0.1) is 11.0 Å². The monoisotopic (exact) mass is 289 g/mol. The first kappa shape index (κ1) is 14.3. The van der Waals surface area contributed by atoms with Crippen LogP contribution >= 0.6 is 11.3 Å². The van der Waals surface area contributed by atoms with E-state index in [1.807, 2.05) is 0 Å². The van der Waals surface area contributed by atoms with Crippen molar-refractivity contribution >= 4 is 28.8 Å². The molecule has 0 saturated carbocycles. The molecule has 1 heterocycles. The number of anilines is 1. The molecule has 0 saturated heterocycles. The molecule has 2 aromatic rings. The minimum Gasteiger partial charge on any atom is -0.459 e. The van der Waals surface area contributed by atoms with Gasteiger partial charge >= 0.3 is 5.97 Å². The van der Waals surface area contributed by atoms with Crippen molar-refractivity contribution in [3.8, 4) is 0 Å². The molecule has 0 fully saturated rings. The summed E-state index contributed by atoms with van der Waals surface area (Å²) in [6.45, 7) is 3.56. The van der Waals surface area contributed by atoms with Crippen LogP contribution in [-0.2, 0) is 4.74 Å². The second-order valence-electron chi connectivity index (χ2n) is 4.57. The molecule has 0 radical (unpaired) electrons. The van der Waals surface area contributed by atoms with Crippen LogP contribution in [0, 0.1) is 0 Å². The molecule has 0 amide bonds. The minimum absolute atomic E-state index is 0.147. The Kier molecular flexibility index (Phi) is 4.20. The number of hydrogen-bond donors (Lipinski definition) is 1. The lowest BCUT2D eigenvalue weighted by Gasteiger charge is -2.05. The van der Waals surface area contributed by atoms with Crippen molar-refractivity contribution in [3.05, 3.63) is 51.7 Å². The number of esters is 1. The third-order valence-corrected chi connectivity index (χ3v) is 3.59. The fourth-order valence-electron chi connectivity index (χ4n) is 1.66. The van der Waals surface area contributed by atoms with Crippen molar-refractivity contribution < 1.29 is 14.3 Å². The number of rotatable bonds is 4. The molecule has 20 heavy (non-hydrogen) atoms. The topological polar surface area (TPSA) is 69.4 Å². The lowest BCUT2D eigenvalue weighted by atomic mass is 10.1. The van der Waals surface area contributed by atoms with E-state index in [9.17, 15) is 9.59 Å². The molecule has 2 N–H and O–H groups in total. The molecule has 1 aromatic carbocycles. The van der Waals surface area contributed by atoms with Crippen LogP contribution < -0.4 is 5.73 Å². The van der Waals surface area contributed by atoms with Crippen molar-refractivity contribution in [1.29, 1.82) is 0 Å². The van der Waals surface area contributed by atoms with E-state index in [1.54, 1.807) is 50.2 Å². The Morgan fingerprint density at radius 1 is 1.15 bits per heavy atom. The summed E-state index contributed by atoms with van der Waals surface area (Å²) in [4.78, 5) is 24.9. The molecule has 0 atom stereocenters. The predicted octanol–water partition coefficient (Wildman–Crippen LogP) is 3.13. The normalized spacial score (nSPS) is 10.6. The van der Waals surface area contributed by atoms with E-state index < -0.39 is 5.97 Å². The van der Waals surface area contributed by atoms with Crippen molar-refractivity contribution in [3.63, 3.8) is 0 Å². The Morgan fingerprint density at radius 3 is 2.50 bits per heavy atom. The Morgan fingerprint density at radius 2 is 1.85 bits per heavy atom. The van der Waals surface area contributed by atoms with Gasteiger partial charge in [0.25, 0.3) is 0 Å². The Bertz CT molecular complexity index is 646. The third kappa shape index (κ3) is 3.24. The highest BCUT2D eigenvalue weighted by atomic mass is 32.1. The second kappa shape index (κ2) is 5.88. The maximum atomic E-state index is 12.3. The smallest absolute Gasteiger partial charge is 0.348 e. The lowest BCUT2D eigenvalue weighted by molar-refractivity contribution is 0.0384. The minimum atomic E-state index is -0.406. The van der Waals surface area contributed by atoms with Crippen LogP contribution in [0.25, 0.3) is 0 Å². The molecule has 4 nitrogen and oxygen atoms in total. The number of ketones is 1. The number of carbonyl (C=O) groups is 2. The average molecular weight is 289 g/mol. The molecule has 0 aliphatic heterocycles. The van der Waals surface area contributed by atoms with Gasteiger partial charge in [-0.15, -0.1) is 11.3 Å². The zero-order valence-corrected chi connectivity index (χ0v) is 12.1. The van der Waals surface area contributed by atoms with Crippen LogP contribution in [0.1, 0.15) is 38.8 Å². The fourth-order valence-corrected chi connectivity index (χ4v) is 2.52. The number of ether oxygens (including phenoxy) is 1. The molecule has 0 aliphatic carbocycles. The molecule has 1 aromatic heterocycles. The van der Waals surface area contributed by atoms with Gasteiger partial charge < -0.3 is 10.5 Å². The molecule has 0 unspecified atom stereocenters. The summed E-state index contributed by atoms with van der Waals surface area (Å²) in [5.74, 6) is -0.553. The van der Waals surface area contributed by atoms with Crippen LogP contribution in [0.15, 0.2) is 36.4 Å². The molecule has 0 bridgehead atoms. The summed E-state index contributed by atoms with van der Waals surface area (Å²) < 4.78 is 5.09. The van der Waals surface area contributed by atoms with Gasteiger partial charge in [-0.25, -0.2) is 4.79 Å². The zero-order valence-electron chi connectivity index (χ0n) is 11.3. The van der Waals surface area contributed by atoms with Crippen LogP contribution in [-0.4, -0.2) is 17.9 Å². The molecule has 5 heteroatoms. The van der Waals surface area contributed by atoms with E-state index in [4.69, 9.17) is 10.5 Å². The standard InChI is InChI=1S/C15H15NO3S/c1-9(2)19-15(18)13-7-6-12(20-13)14(17)10-4-3-5-11(16)8-10/h3-9H,16H2,1-2H3. The Labute approximate surface area is 121 Å². The molecule has 2 rings (SSSR count). The van der Waals surface area contributed by atoms with Gasteiger partial charge in [0.1, 0.15) is 4.88 Å². The number of hydrogen-bond acceptors (Lipinski definition) is 5. The van der Waals surface area contributed by atoms with Gasteiger partial charge in [0, 0.05) is 11.3 Å². The van der Waals surface area contributed by atoms with Gasteiger partial charge in [0.15, 0.2) is 0 Å². The molecule has 0 aliphatic rings. The first-order chi connectivity index (χ1) is 9.47. The van der Waals surface area contributed by atoms with Gasteiger partial charge in [-0.3, -0.25) is 4.79 Å². The van der Waals surface area contributed by atoms with Gasteiger partial charge in [-0.1, -0.05) is 12.1 Å². The van der Waals surface area contributed by atoms with E-state index in [2.05, 4.69) is 0 Å². The van der Waals surface area contributed by atoms with E-state index in [-0.39, 0.29) is 11.9 Å². The number of nitrogen functional groups attached to an aromatic ring is 1. The molecular weight excluding hydrogens is 274 g/mol. The van der Waals surface area contributed by atoms with Crippen molar-refractivity contribution in [2.75, 3.05) is 5.73 Å². The summed E-state index contributed by atoms with van der Waals surface area (Å²) in [7, 11) is 0. The van der Waals surface area contributed by atoms with Crippen molar-refractivity contribution in [2.24, 2.45) is 0 Å². The average Bonchev–Trinajstić information content (AvgIpc) is 2.86. The van der Waals surface area contributed by atoms with Crippen LogP contribution in [0.3, 0.4) is 0 Å². The van der Waals surface area contributed by atoms with Gasteiger partial charge in [-0.2, -0.15) is 0 Å². The van der Waals surface area contributed by atoms with Crippen LogP contribution in [0.4, 0.5) is 5.69 Å². The van der Waals surface area contributed by atoms with E-state index >= 15 is 0 Å². The first-order valence-electron chi connectivity index (χ1n) is 6.18. The molecule has 0 spiro atoms. The highest BCUT2D eigenvalue weighted by Gasteiger charge is 2.17. The summed E-state index contributed by atoms with van der Waals surface area (Å²) in [5.41, 5.74) is 6.70. The van der Waals surface area contributed by atoms with Gasteiger partial charge in [0.2, 0.25) is 5.78 Å². The fraction of sp³-hybridized carbons (Fsp3) is 0.200.